The Hall–Kier alpha value is -1.70. The zero-order valence-electron chi connectivity index (χ0n) is 16.7. The Morgan fingerprint density at radius 1 is 1.23 bits per heavy atom. The number of nitrogens with one attached hydrogen (secondary N) is 1. The summed E-state index contributed by atoms with van der Waals surface area (Å²) in [5.41, 5.74) is 1.27. The summed E-state index contributed by atoms with van der Waals surface area (Å²) in [6.07, 6.45) is 1.05. The van der Waals surface area contributed by atoms with Gasteiger partial charge in [0, 0.05) is 21.3 Å². The molecule has 1 saturated heterocycles. The van der Waals surface area contributed by atoms with Gasteiger partial charge >= 0.3 is 6.09 Å². The summed E-state index contributed by atoms with van der Waals surface area (Å²) in [4.78, 5) is 18.5. The third-order valence-corrected chi connectivity index (χ3v) is 4.38. The van der Waals surface area contributed by atoms with E-state index in [1.165, 1.54) is 4.90 Å². The predicted molar refractivity (Wildman–Crippen MR) is 100 cm³/mol. The lowest BCUT2D eigenvalue weighted by Crippen LogP contribution is -2.35. The average Bonchev–Trinajstić information content (AvgIpc) is 2.61. The summed E-state index contributed by atoms with van der Waals surface area (Å²) in [6.45, 7) is 7.47. The largest absolute Gasteiger partial charge is 0.443 e. The van der Waals surface area contributed by atoms with Crippen molar-refractivity contribution in [2.45, 2.75) is 51.4 Å². The van der Waals surface area contributed by atoms with E-state index in [-0.39, 0.29) is 0 Å². The molecule has 1 amide bonds. The number of aromatic nitrogens is 1. The van der Waals surface area contributed by atoms with E-state index in [2.05, 4.69) is 5.32 Å². The van der Waals surface area contributed by atoms with Crippen molar-refractivity contribution < 1.29 is 19.0 Å². The molecular weight excluding hydrogens is 334 g/mol. The number of piperidine rings is 1. The number of rotatable bonds is 5. The van der Waals surface area contributed by atoms with Crippen molar-refractivity contribution in [3.8, 4) is 0 Å². The molecule has 0 bridgehead atoms. The van der Waals surface area contributed by atoms with E-state index in [0.29, 0.717) is 11.7 Å². The number of carbonyl (C=O) groups excluding carboxylic acids is 1. The topological polar surface area (TPSA) is 72.9 Å². The maximum Gasteiger partial charge on any atom is 0.415 e. The minimum Gasteiger partial charge on any atom is -0.443 e. The van der Waals surface area contributed by atoms with Gasteiger partial charge in [-0.15, -0.1) is 0 Å². The van der Waals surface area contributed by atoms with Crippen molar-refractivity contribution in [3.63, 3.8) is 0 Å². The lowest BCUT2D eigenvalue weighted by Gasteiger charge is -2.28. The number of nitrogens with zero attached hydrogens (tertiary/aromatic N) is 2. The molecule has 2 heterocycles. The maximum absolute atomic E-state index is 12.4. The number of hydrogen-bond donors (Lipinski definition) is 1. The van der Waals surface area contributed by atoms with Crippen LogP contribution in [0.5, 0.6) is 0 Å². The van der Waals surface area contributed by atoms with Crippen LogP contribution in [0.25, 0.3) is 0 Å². The van der Waals surface area contributed by atoms with Crippen molar-refractivity contribution in [1.82, 2.24) is 10.3 Å². The lowest BCUT2D eigenvalue weighted by atomic mass is 9.89. The molecule has 1 aliphatic rings. The zero-order chi connectivity index (χ0) is 19.3. The highest BCUT2D eigenvalue weighted by Crippen LogP contribution is 2.33. The van der Waals surface area contributed by atoms with Crippen molar-refractivity contribution in [3.05, 3.63) is 23.4 Å². The number of anilines is 1. The molecule has 7 heteroatoms. The first-order chi connectivity index (χ1) is 12.3. The molecule has 0 unspecified atom stereocenters. The summed E-state index contributed by atoms with van der Waals surface area (Å²) in [5, 5.41) is 3.38. The molecule has 0 atom stereocenters. The van der Waals surface area contributed by atoms with Crippen molar-refractivity contribution >= 4 is 11.9 Å². The maximum atomic E-state index is 12.4. The van der Waals surface area contributed by atoms with Gasteiger partial charge in [-0.25, -0.2) is 9.78 Å². The van der Waals surface area contributed by atoms with Crippen LogP contribution in [0.4, 0.5) is 10.6 Å². The summed E-state index contributed by atoms with van der Waals surface area (Å²) >= 11 is 0. The molecule has 1 N–H and O–H groups in total. The standard InChI is InChI=1S/C19H31N3O4/c1-19(2,3)26-18(23)22(4)15-8-7-14(13-9-11-20-12-10-13)16(21-15)17(24-5)25-6/h7-8,13,17,20H,9-12H2,1-6H3. The highest BCUT2D eigenvalue weighted by atomic mass is 16.7. The van der Waals surface area contributed by atoms with E-state index >= 15 is 0 Å². The first-order valence-electron chi connectivity index (χ1n) is 9.00. The normalized spacial score (nSPS) is 16.0. The molecule has 26 heavy (non-hydrogen) atoms. The van der Waals surface area contributed by atoms with Crippen LogP contribution in [0.2, 0.25) is 0 Å². The van der Waals surface area contributed by atoms with Gasteiger partial charge in [0.1, 0.15) is 17.1 Å². The van der Waals surface area contributed by atoms with Gasteiger partial charge in [0.15, 0.2) is 0 Å². The molecule has 1 fully saturated rings. The Balaban J connectivity index is 2.34. The van der Waals surface area contributed by atoms with E-state index in [0.717, 1.165) is 37.2 Å². The van der Waals surface area contributed by atoms with E-state index in [1.807, 2.05) is 32.9 Å². The number of hydrogen-bond acceptors (Lipinski definition) is 6. The smallest absolute Gasteiger partial charge is 0.415 e. The molecule has 2 rings (SSSR count). The fraction of sp³-hybridized carbons (Fsp3) is 0.684. The summed E-state index contributed by atoms with van der Waals surface area (Å²) in [5.74, 6) is 0.901. The number of pyridine rings is 1. The molecule has 0 radical (unpaired) electrons. The van der Waals surface area contributed by atoms with Gasteiger partial charge in [-0.1, -0.05) is 6.07 Å². The second-order valence-electron chi connectivity index (χ2n) is 7.51. The molecule has 0 aromatic carbocycles. The Labute approximate surface area is 156 Å². The fourth-order valence-corrected chi connectivity index (χ4v) is 3.07. The van der Waals surface area contributed by atoms with Crippen LogP contribution in [-0.2, 0) is 14.2 Å². The van der Waals surface area contributed by atoms with Gasteiger partial charge in [-0.3, -0.25) is 4.90 Å². The second-order valence-corrected chi connectivity index (χ2v) is 7.51. The second kappa shape index (κ2) is 8.79. The SMILES string of the molecule is COC(OC)c1nc(N(C)C(=O)OC(C)(C)C)ccc1C1CCNCC1. The molecule has 0 saturated carbocycles. The first-order valence-corrected chi connectivity index (χ1v) is 9.00. The van der Waals surface area contributed by atoms with Gasteiger partial charge in [-0.05, 0) is 64.3 Å². The van der Waals surface area contributed by atoms with E-state index in [4.69, 9.17) is 19.2 Å². The molecule has 146 valence electrons. The highest BCUT2D eigenvalue weighted by Gasteiger charge is 2.27. The van der Waals surface area contributed by atoms with Gasteiger partial charge in [0.2, 0.25) is 6.29 Å². The van der Waals surface area contributed by atoms with Crippen LogP contribution in [0.15, 0.2) is 12.1 Å². The first kappa shape index (κ1) is 20.6. The van der Waals surface area contributed by atoms with Crippen LogP contribution >= 0.6 is 0 Å². The minimum atomic E-state index is -0.577. The Morgan fingerprint density at radius 3 is 2.38 bits per heavy atom. The van der Waals surface area contributed by atoms with Crippen molar-refractivity contribution in [2.24, 2.45) is 0 Å². The molecular formula is C19H31N3O4. The number of amides is 1. The Bertz CT molecular complexity index is 605. The molecule has 1 aliphatic heterocycles. The highest BCUT2D eigenvalue weighted by molar-refractivity contribution is 5.86. The van der Waals surface area contributed by atoms with Gasteiger partial charge in [0.05, 0.1) is 0 Å². The van der Waals surface area contributed by atoms with E-state index in [1.54, 1.807) is 21.3 Å². The van der Waals surface area contributed by atoms with Crippen LogP contribution in [0.1, 0.15) is 57.1 Å². The Morgan fingerprint density at radius 2 is 1.85 bits per heavy atom. The summed E-state index contributed by atoms with van der Waals surface area (Å²) in [7, 11) is 4.83. The van der Waals surface area contributed by atoms with Crippen molar-refractivity contribution in [2.75, 3.05) is 39.3 Å². The van der Waals surface area contributed by atoms with E-state index in [9.17, 15) is 4.79 Å². The summed E-state index contributed by atoms with van der Waals surface area (Å²) < 4.78 is 16.3. The fourth-order valence-electron chi connectivity index (χ4n) is 3.07. The molecule has 0 aliphatic carbocycles. The van der Waals surface area contributed by atoms with Gasteiger partial charge in [0.25, 0.3) is 0 Å². The van der Waals surface area contributed by atoms with Crippen LogP contribution in [0, 0.1) is 0 Å². The van der Waals surface area contributed by atoms with Gasteiger partial charge < -0.3 is 19.5 Å². The molecule has 1 aromatic rings. The van der Waals surface area contributed by atoms with Gasteiger partial charge in [-0.2, -0.15) is 0 Å². The molecule has 1 aromatic heterocycles. The monoisotopic (exact) mass is 365 g/mol. The van der Waals surface area contributed by atoms with Crippen LogP contribution in [0.3, 0.4) is 0 Å². The quantitative estimate of drug-likeness (QED) is 0.808. The molecule has 0 spiro atoms. The van der Waals surface area contributed by atoms with Crippen LogP contribution < -0.4 is 10.2 Å². The molecule has 7 nitrogen and oxygen atoms in total. The number of carbonyl (C=O) groups is 1. The lowest BCUT2D eigenvalue weighted by molar-refractivity contribution is -0.109. The third-order valence-electron chi connectivity index (χ3n) is 4.38. The predicted octanol–water partition coefficient (Wildman–Crippen LogP) is 3.21. The third kappa shape index (κ3) is 5.16. The van der Waals surface area contributed by atoms with Crippen LogP contribution in [-0.4, -0.2) is 51.0 Å². The Kier molecular flexibility index (Phi) is 6.97. The van der Waals surface area contributed by atoms with E-state index < -0.39 is 18.0 Å². The zero-order valence-corrected chi connectivity index (χ0v) is 16.7. The summed E-state index contributed by atoms with van der Waals surface area (Å²) in [6, 6.07) is 3.88. The number of ether oxygens (including phenoxy) is 3. The van der Waals surface area contributed by atoms with Crippen molar-refractivity contribution in [1.29, 1.82) is 0 Å². The number of methoxy groups -OCH3 is 2. The minimum absolute atomic E-state index is 0.396. The average molecular weight is 365 g/mol.